The van der Waals surface area contributed by atoms with Gasteiger partial charge in [-0.05, 0) is 40.0 Å². The maximum absolute atomic E-state index is 6.43. The van der Waals surface area contributed by atoms with Crippen LogP contribution in [0.2, 0.25) is 0 Å². The number of hydrogen-bond acceptors (Lipinski definition) is 2. The Labute approximate surface area is 117 Å². The summed E-state index contributed by atoms with van der Waals surface area (Å²) >= 11 is 0. The molecule has 1 aromatic rings. The van der Waals surface area contributed by atoms with Gasteiger partial charge in [0, 0.05) is 17.4 Å². The summed E-state index contributed by atoms with van der Waals surface area (Å²) in [5.74, 6) is 3.18. The van der Waals surface area contributed by atoms with Gasteiger partial charge in [-0.3, -0.25) is 0 Å². The van der Waals surface area contributed by atoms with E-state index in [1.807, 2.05) is 0 Å². The number of nitrogens with two attached hydrogens (primary N) is 1. The van der Waals surface area contributed by atoms with Crippen LogP contribution >= 0.6 is 0 Å². The largest absolute Gasteiger partial charge is 0.384 e. The molecule has 1 aromatic heterocycles. The number of aromatic nitrogens is 2. The molecule has 0 aliphatic heterocycles. The van der Waals surface area contributed by atoms with E-state index in [0.717, 1.165) is 17.9 Å². The second-order valence-corrected chi connectivity index (χ2v) is 7.04. The molecular weight excluding hydrogens is 234 g/mol. The lowest BCUT2D eigenvalue weighted by Gasteiger charge is -2.27. The Hall–Kier alpha value is -0.990. The number of hydrogen-bond donors (Lipinski definition) is 1. The van der Waals surface area contributed by atoms with Gasteiger partial charge < -0.3 is 10.3 Å². The van der Waals surface area contributed by atoms with Crippen molar-refractivity contribution >= 4 is 5.82 Å². The molecule has 19 heavy (non-hydrogen) atoms. The Kier molecular flexibility index (Phi) is 3.93. The van der Waals surface area contributed by atoms with Crippen molar-refractivity contribution in [3.63, 3.8) is 0 Å². The Morgan fingerprint density at radius 3 is 2.37 bits per heavy atom. The van der Waals surface area contributed by atoms with Gasteiger partial charge in [-0.1, -0.05) is 26.7 Å². The Bertz CT molecular complexity index is 434. The maximum Gasteiger partial charge on any atom is 0.127 e. The molecule has 0 bridgehead atoms. The first kappa shape index (κ1) is 14.4. The lowest BCUT2D eigenvalue weighted by molar-refractivity contribution is 0.377. The summed E-state index contributed by atoms with van der Waals surface area (Å²) in [6.45, 7) is 11.1. The van der Waals surface area contributed by atoms with Gasteiger partial charge in [-0.25, -0.2) is 4.98 Å². The summed E-state index contributed by atoms with van der Waals surface area (Å²) in [6, 6.07) is 0. The monoisotopic (exact) mass is 263 g/mol. The second-order valence-electron chi connectivity index (χ2n) is 7.04. The molecule has 3 nitrogen and oxygen atoms in total. The standard InChI is InChI=1S/C16H29N3/c1-6-11(2)13-14(17)19(16(3,4)5)15(18-13)12-9-7-8-10-12/h11-12H,6-10,17H2,1-5H3. The van der Waals surface area contributed by atoms with Crippen LogP contribution in [0.3, 0.4) is 0 Å². The first-order chi connectivity index (χ1) is 8.86. The molecule has 1 fully saturated rings. The number of anilines is 1. The minimum Gasteiger partial charge on any atom is -0.384 e. The smallest absolute Gasteiger partial charge is 0.127 e. The lowest BCUT2D eigenvalue weighted by Crippen LogP contribution is -2.26. The average Bonchev–Trinajstić information content (AvgIpc) is 2.93. The van der Waals surface area contributed by atoms with E-state index in [4.69, 9.17) is 10.7 Å². The quantitative estimate of drug-likeness (QED) is 0.878. The van der Waals surface area contributed by atoms with Crippen LogP contribution in [-0.4, -0.2) is 9.55 Å². The highest BCUT2D eigenvalue weighted by atomic mass is 15.2. The van der Waals surface area contributed by atoms with Gasteiger partial charge >= 0.3 is 0 Å². The summed E-state index contributed by atoms with van der Waals surface area (Å²) in [4.78, 5) is 4.97. The molecule has 0 radical (unpaired) electrons. The zero-order valence-corrected chi connectivity index (χ0v) is 13.2. The predicted octanol–water partition coefficient (Wildman–Crippen LogP) is 4.39. The van der Waals surface area contributed by atoms with Gasteiger partial charge in [-0.15, -0.1) is 0 Å². The highest BCUT2D eigenvalue weighted by Gasteiger charge is 2.30. The summed E-state index contributed by atoms with van der Waals surface area (Å²) in [6.07, 6.45) is 6.30. The fourth-order valence-corrected chi connectivity index (χ4v) is 3.19. The van der Waals surface area contributed by atoms with Crippen molar-refractivity contribution in [3.05, 3.63) is 11.5 Å². The van der Waals surface area contributed by atoms with Gasteiger partial charge in [0.25, 0.3) is 0 Å². The molecule has 1 aliphatic carbocycles. The van der Waals surface area contributed by atoms with Crippen molar-refractivity contribution in [2.75, 3.05) is 5.73 Å². The summed E-state index contributed by atoms with van der Waals surface area (Å²) in [5.41, 5.74) is 7.56. The van der Waals surface area contributed by atoms with Crippen LogP contribution in [0, 0.1) is 0 Å². The number of nitrogens with zero attached hydrogens (tertiary/aromatic N) is 2. The van der Waals surface area contributed by atoms with E-state index in [-0.39, 0.29) is 5.54 Å². The summed E-state index contributed by atoms with van der Waals surface area (Å²) < 4.78 is 2.30. The third-order valence-electron chi connectivity index (χ3n) is 4.44. The Morgan fingerprint density at radius 2 is 1.89 bits per heavy atom. The first-order valence-corrected chi connectivity index (χ1v) is 7.74. The van der Waals surface area contributed by atoms with Gasteiger partial charge in [0.05, 0.1) is 5.69 Å². The van der Waals surface area contributed by atoms with Crippen LogP contribution in [-0.2, 0) is 5.54 Å². The minimum atomic E-state index is 0.0146. The summed E-state index contributed by atoms with van der Waals surface area (Å²) in [7, 11) is 0. The molecule has 0 saturated heterocycles. The van der Waals surface area contributed by atoms with Crippen molar-refractivity contribution in [2.24, 2.45) is 0 Å². The summed E-state index contributed by atoms with van der Waals surface area (Å²) in [5, 5.41) is 0. The maximum atomic E-state index is 6.43. The SMILES string of the molecule is CCC(C)c1nc(C2CCCC2)n(C(C)(C)C)c1N. The molecule has 0 amide bonds. The Morgan fingerprint density at radius 1 is 1.32 bits per heavy atom. The first-order valence-electron chi connectivity index (χ1n) is 7.74. The van der Waals surface area contributed by atoms with E-state index in [9.17, 15) is 0 Å². The van der Waals surface area contributed by atoms with Gasteiger partial charge in [0.2, 0.25) is 0 Å². The molecule has 108 valence electrons. The van der Waals surface area contributed by atoms with E-state index < -0.39 is 0 Å². The van der Waals surface area contributed by atoms with E-state index in [1.54, 1.807) is 0 Å². The predicted molar refractivity (Wildman–Crippen MR) is 81.6 cm³/mol. The van der Waals surface area contributed by atoms with Crippen LogP contribution in [0.25, 0.3) is 0 Å². The van der Waals surface area contributed by atoms with Gasteiger partial charge in [-0.2, -0.15) is 0 Å². The van der Waals surface area contributed by atoms with E-state index in [0.29, 0.717) is 11.8 Å². The van der Waals surface area contributed by atoms with Crippen LogP contribution in [0.1, 0.15) is 90.1 Å². The highest BCUT2D eigenvalue weighted by molar-refractivity contribution is 5.42. The molecule has 2 N–H and O–H groups in total. The zero-order chi connectivity index (χ0) is 14.2. The van der Waals surface area contributed by atoms with Gasteiger partial charge in [0.15, 0.2) is 0 Å². The lowest BCUT2D eigenvalue weighted by atomic mass is 10.0. The van der Waals surface area contributed by atoms with Crippen molar-refractivity contribution < 1.29 is 0 Å². The van der Waals surface area contributed by atoms with Crippen molar-refractivity contribution in [3.8, 4) is 0 Å². The number of rotatable bonds is 3. The Balaban J connectivity index is 2.51. The average molecular weight is 263 g/mol. The second kappa shape index (κ2) is 5.18. The molecule has 1 aliphatic rings. The molecule has 1 heterocycles. The molecular formula is C16H29N3. The normalized spacial score (nSPS) is 19.0. The van der Waals surface area contributed by atoms with Crippen LogP contribution < -0.4 is 5.73 Å². The molecule has 3 heteroatoms. The van der Waals surface area contributed by atoms with E-state index in [2.05, 4.69) is 39.2 Å². The molecule has 1 unspecified atom stereocenters. The third-order valence-corrected chi connectivity index (χ3v) is 4.44. The molecule has 0 aromatic carbocycles. The van der Waals surface area contributed by atoms with Crippen molar-refractivity contribution in [1.29, 1.82) is 0 Å². The van der Waals surface area contributed by atoms with E-state index >= 15 is 0 Å². The van der Waals surface area contributed by atoms with Gasteiger partial charge in [0.1, 0.15) is 11.6 Å². The number of nitrogen functional groups attached to an aromatic ring is 1. The molecule has 0 spiro atoms. The molecule has 1 saturated carbocycles. The fourth-order valence-electron chi connectivity index (χ4n) is 3.19. The fraction of sp³-hybridized carbons (Fsp3) is 0.812. The number of imidazole rings is 1. The highest BCUT2D eigenvalue weighted by Crippen LogP contribution is 2.39. The third kappa shape index (κ3) is 2.65. The molecule has 1 atom stereocenters. The van der Waals surface area contributed by atoms with Crippen LogP contribution in [0.4, 0.5) is 5.82 Å². The zero-order valence-electron chi connectivity index (χ0n) is 13.2. The van der Waals surface area contributed by atoms with Crippen LogP contribution in [0.15, 0.2) is 0 Å². The van der Waals surface area contributed by atoms with Crippen molar-refractivity contribution in [2.45, 2.75) is 84.1 Å². The van der Waals surface area contributed by atoms with Crippen molar-refractivity contribution in [1.82, 2.24) is 9.55 Å². The molecule has 2 rings (SSSR count). The van der Waals surface area contributed by atoms with E-state index in [1.165, 1.54) is 31.5 Å². The topological polar surface area (TPSA) is 43.8 Å². The van der Waals surface area contributed by atoms with Crippen LogP contribution in [0.5, 0.6) is 0 Å². The minimum absolute atomic E-state index is 0.0146.